The monoisotopic (exact) mass is 358 g/mol. The molecule has 2 aliphatic heterocycles. The largest absolute Gasteiger partial charge is 0.472 e. The SMILES string of the molecule is O=C(c1cccs1)N1CC[C@@H](Oc2cc(N3CCCCC3)ncn2)C1. The van der Waals surface area contributed by atoms with Crippen LogP contribution in [0.5, 0.6) is 5.88 Å². The molecule has 2 aromatic heterocycles. The number of piperidine rings is 1. The lowest BCUT2D eigenvalue weighted by Crippen LogP contribution is -2.31. The van der Waals surface area contributed by atoms with Crippen molar-refractivity contribution >= 4 is 23.1 Å². The van der Waals surface area contributed by atoms with Crippen molar-refractivity contribution in [2.45, 2.75) is 31.8 Å². The molecule has 2 aromatic rings. The zero-order valence-electron chi connectivity index (χ0n) is 14.1. The highest BCUT2D eigenvalue weighted by Crippen LogP contribution is 2.23. The van der Waals surface area contributed by atoms with E-state index >= 15 is 0 Å². The van der Waals surface area contributed by atoms with Crippen LogP contribution in [0, 0.1) is 0 Å². The number of amides is 1. The first kappa shape index (κ1) is 16.3. The number of anilines is 1. The molecular weight excluding hydrogens is 336 g/mol. The highest BCUT2D eigenvalue weighted by Gasteiger charge is 2.29. The summed E-state index contributed by atoms with van der Waals surface area (Å²) in [6.07, 6.45) is 6.11. The number of hydrogen-bond donors (Lipinski definition) is 0. The van der Waals surface area contributed by atoms with Crippen LogP contribution in [0.4, 0.5) is 5.82 Å². The molecule has 6 nitrogen and oxygen atoms in total. The van der Waals surface area contributed by atoms with Gasteiger partial charge in [0.15, 0.2) is 0 Å². The smallest absolute Gasteiger partial charge is 0.264 e. The topological polar surface area (TPSA) is 58.6 Å². The molecule has 0 N–H and O–H groups in total. The van der Waals surface area contributed by atoms with Crippen molar-refractivity contribution in [3.63, 3.8) is 0 Å². The van der Waals surface area contributed by atoms with Gasteiger partial charge in [-0.25, -0.2) is 9.97 Å². The standard InChI is InChI=1S/C18H22N4O2S/c23-18(15-5-4-10-25-15)22-9-6-14(12-22)24-17-11-16(19-13-20-17)21-7-2-1-3-8-21/h4-5,10-11,13-14H,1-3,6-9,12H2/t14-/m1/s1. The Balaban J connectivity index is 1.37. The van der Waals surface area contributed by atoms with Gasteiger partial charge < -0.3 is 14.5 Å². The van der Waals surface area contributed by atoms with Crippen LogP contribution in [-0.4, -0.2) is 53.1 Å². The fraction of sp³-hybridized carbons (Fsp3) is 0.500. The molecule has 0 radical (unpaired) electrons. The lowest BCUT2D eigenvalue weighted by molar-refractivity contribution is 0.0776. The normalized spacial score (nSPS) is 20.7. The third-order valence-electron chi connectivity index (χ3n) is 4.76. The number of hydrogen-bond acceptors (Lipinski definition) is 6. The van der Waals surface area contributed by atoms with Gasteiger partial charge in [0.05, 0.1) is 11.4 Å². The Labute approximate surface area is 151 Å². The van der Waals surface area contributed by atoms with Gasteiger partial charge >= 0.3 is 0 Å². The number of carbonyl (C=O) groups is 1. The minimum absolute atomic E-state index is 0.00646. The second-order valence-corrected chi connectivity index (χ2v) is 7.47. The Morgan fingerprint density at radius 3 is 2.88 bits per heavy atom. The van der Waals surface area contributed by atoms with Gasteiger partial charge in [-0.2, -0.15) is 0 Å². The molecule has 0 aromatic carbocycles. The van der Waals surface area contributed by atoms with Crippen molar-refractivity contribution in [2.75, 3.05) is 31.1 Å². The Hall–Kier alpha value is -2.15. The summed E-state index contributed by atoms with van der Waals surface area (Å²) in [6, 6.07) is 5.70. The molecule has 132 valence electrons. The predicted molar refractivity (Wildman–Crippen MR) is 97.4 cm³/mol. The Morgan fingerprint density at radius 1 is 1.20 bits per heavy atom. The van der Waals surface area contributed by atoms with Crippen molar-refractivity contribution in [3.8, 4) is 5.88 Å². The fourth-order valence-corrected chi connectivity index (χ4v) is 4.12. The molecule has 25 heavy (non-hydrogen) atoms. The molecule has 4 heterocycles. The number of rotatable bonds is 4. The van der Waals surface area contributed by atoms with Crippen molar-refractivity contribution in [3.05, 3.63) is 34.8 Å². The Morgan fingerprint density at radius 2 is 2.08 bits per heavy atom. The first-order valence-electron chi connectivity index (χ1n) is 8.86. The third kappa shape index (κ3) is 3.76. The van der Waals surface area contributed by atoms with Crippen molar-refractivity contribution < 1.29 is 9.53 Å². The summed E-state index contributed by atoms with van der Waals surface area (Å²) in [6.45, 7) is 3.43. The van der Waals surface area contributed by atoms with Gasteiger partial charge in [-0.3, -0.25) is 4.79 Å². The van der Waals surface area contributed by atoms with Crippen LogP contribution in [0.2, 0.25) is 0 Å². The van der Waals surface area contributed by atoms with E-state index < -0.39 is 0 Å². The van der Waals surface area contributed by atoms with Gasteiger partial charge in [0.25, 0.3) is 5.91 Å². The van der Waals surface area contributed by atoms with Gasteiger partial charge in [-0.15, -0.1) is 11.3 Å². The van der Waals surface area contributed by atoms with Crippen LogP contribution in [0.15, 0.2) is 29.9 Å². The molecule has 0 spiro atoms. The molecular formula is C18H22N4O2S. The van der Waals surface area contributed by atoms with Crippen LogP contribution in [0.1, 0.15) is 35.4 Å². The van der Waals surface area contributed by atoms with Gasteiger partial charge in [0.2, 0.25) is 5.88 Å². The van der Waals surface area contributed by atoms with Crippen molar-refractivity contribution in [1.82, 2.24) is 14.9 Å². The highest BCUT2D eigenvalue weighted by molar-refractivity contribution is 7.12. The Bertz CT molecular complexity index is 716. The van der Waals surface area contributed by atoms with Crippen molar-refractivity contribution in [2.24, 2.45) is 0 Å². The van der Waals surface area contributed by atoms with E-state index in [2.05, 4.69) is 14.9 Å². The predicted octanol–water partition coefficient (Wildman–Crippen LogP) is 2.82. The number of carbonyl (C=O) groups excluding carboxylic acids is 1. The molecule has 0 unspecified atom stereocenters. The zero-order valence-corrected chi connectivity index (χ0v) is 15.0. The molecule has 0 saturated carbocycles. The number of ether oxygens (including phenoxy) is 1. The van der Waals surface area contributed by atoms with Crippen LogP contribution in [0.3, 0.4) is 0 Å². The summed E-state index contributed by atoms with van der Waals surface area (Å²) in [5, 5.41) is 1.93. The molecule has 0 bridgehead atoms. The minimum Gasteiger partial charge on any atom is -0.472 e. The van der Waals surface area contributed by atoms with E-state index in [0.29, 0.717) is 12.4 Å². The molecule has 1 atom stereocenters. The molecule has 2 fully saturated rings. The second-order valence-electron chi connectivity index (χ2n) is 6.52. The van der Waals surface area contributed by atoms with Crippen molar-refractivity contribution in [1.29, 1.82) is 0 Å². The maximum Gasteiger partial charge on any atom is 0.264 e. The summed E-state index contributed by atoms with van der Waals surface area (Å²) in [4.78, 5) is 26.0. The third-order valence-corrected chi connectivity index (χ3v) is 5.62. The molecule has 0 aliphatic carbocycles. The molecule has 2 aliphatic rings. The van der Waals surface area contributed by atoms with Gasteiger partial charge in [0, 0.05) is 32.1 Å². The quantitative estimate of drug-likeness (QED) is 0.841. The molecule has 7 heteroatoms. The van der Waals surface area contributed by atoms with Crippen LogP contribution >= 0.6 is 11.3 Å². The zero-order chi connectivity index (χ0) is 17.1. The highest BCUT2D eigenvalue weighted by atomic mass is 32.1. The number of thiophene rings is 1. The number of likely N-dealkylation sites (tertiary alicyclic amines) is 1. The lowest BCUT2D eigenvalue weighted by atomic mass is 10.1. The van der Waals surface area contributed by atoms with Crippen LogP contribution in [0.25, 0.3) is 0 Å². The first-order valence-corrected chi connectivity index (χ1v) is 9.74. The number of nitrogens with zero attached hydrogens (tertiary/aromatic N) is 4. The second kappa shape index (κ2) is 7.39. The number of aromatic nitrogens is 2. The molecule has 4 rings (SSSR count). The van der Waals surface area contributed by atoms with E-state index in [1.165, 1.54) is 30.6 Å². The summed E-state index contributed by atoms with van der Waals surface area (Å²) in [5.41, 5.74) is 0. The van der Waals surface area contributed by atoms with Crippen LogP contribution in [-0.2, 0) is 0 Å². The van der Waals surface area contributed by atoms with E-state index in [4.69, 9.17) is 4.74 Å². The van der Waals surface area contributed by atoms with E-state index in [9.17, 15) is 4.79 Å². The lowest BCUT2D eigenvalue weighted by Gasteiger charge is -2.27. The average molecular weight is 358 g/mol. The summed E-state index contributed by atoms with van der Waals surface area (Å²) < 4.78 is 6.04. The molecule has 1 amide bonds. The molecule has 2 saturated heterocycles. The van der Waals surface area contributed by atoms with Gasteiger partial charge in [-0.05, 0) is 30.7 Å². The summed E-state index contributed by atoms with van der Waals surface area (Å²) in [7, 11) is 0. The maximum atomic E-state index is 12.4. The fourth-order valence-electron chi connectivity index (χ4n) is 3.43. The van der Waals surface area contributed by atoms with E-state index in [-0.39, 0.29) is 12.0 Å². The first-order chi connectivity index (χ1) is 12.3. The Kier molecular flexibility index (Phi) is 4.83. The summed E-state index contributed by atoms with van der Waals surface area (Å²) >= 11 is 1.48. The minimum atomic E-state index is -0.00646. The van der Waals surface area contributed by atoms with E-state index in [0.717, 1.165) is 36.8 Å². The van der Waals surface area contributed by atoms with E-state index in [1.807, 2.05) is 28.5 Å². The maximum absolute atomic E-state index is 12.4. The van der Waals surface area contributed by atoms with E-state index in [1.54, 1.807) is 6.33 Å². The summed E-state index contributed by atoms with van der Waals surface area (Å²) in [5.74, 6) is 1.64. The van der Waals surface area contributed by atoms with Crippen LogP contribution < -0.4 is 9.64 Å². The van der Waals surface area contributed by atoms with Gasteiger partial charge in [0.1, 0.15) is 18.2 Å². The van der Waals surface area contributed by atoms with Gasteiger partial charge in [-0.1, -0.05) is 6.07 Å². The average Bonchev–Trinajstić information content (AvgIpc) is 3.34.